The molecule has 0 spiro atoms. The summed E-state index contributed by atoms with van der Waals surface area (Å²) in [6.45, 7) is 4.08. The van der Waals surface area contributed by atoms with Gasteiger partial charge in [0.15, 0.2) is 5.65 Å². The molecule has 0 atom stereocenters. The van der Waals surface area contributed by atoms with E-state index in [1.807, 2.05) is 14.0 Å². The van der Waals surface area contributed by atoms with Crippen molar-refractivity contribution in [3.05, 3.63) is 12.0 Å². The second kappa shape index (κ2) is 6.26. The summed E-state index contributed by atoms with van der Waals surface area (Å²) in [5.74, 6) is 1.61. The number of aromatic nitrogens is 4. The van der Waals surface area contributed by atoms with Gasteiger partial charge in [0.05, 0.1) is 11.6 Å². The number of rotatable bonds is 4. The Hall–Kier alpha value is -1.78. The normalized spacial score (nSPS) is 17.1. The van der Waals surface area contributed by atoms with Gasteiger partial charge in [0.25, 0.3) is 10.2 Å². The van der Waals surface area contributed by atoms with E-state index >= 15 is 0 Å². The van der Waals surface area contributed by atoms with E-state index in [4.69, 9.17) is 0 Å². The summed E-state index contributed by atoms with van der Waals surface area (Å²) in [7, 11) is 1.60. The number of nitrogens with zero attached hydrogens (tertiary/aromatic N) is 7. The summed E-state index contributed by atoms with van der Waals surface area (Å²) in [5, 5.41) is 5.18. The third-order valence-electron chi connectivity index (χ3n) is 4.26. The number of hydrogen-bond acceptors (Lipinski definition) is 6. The van der Waals surface area contributed by atoms with E-state index in [1.54, 1.807) is 25.0 Å². The molecule has 0 amide bonds. The molecule has 3 rings (SSSR count). The number of anilines is 1. The average molecular weight is 353 g/mol. The lowest BCUT2D eigenvalue weighted by Crippen LogP contribution is -2.52. The Bertz CT molecular complexity index is 838. The van der Waals surface area contributed by atoms with Gasteiger partial charge < -0.3 is 4.90 Å². The molecule has 0 radical (unpaired) electrons. The maximum Gasteiger partial charge on any atom is 0.281 e. The van der Waals surface area contributed by atoms with Gasteiger partial charge in [-0.1, -0.05) is 6.92 Å². The highest BCUT2D eigenvalue weighted by atomic mass is 32.2. The number of piperazine rings is 1. The van der Waals surface area contributed by atoms with Gasteiger partial charge in [-0.15, -0.1) is 0 Å². The standard InChI is InChI=1S/C14H23N7O2S/c1-5-12-16-13-11(10-15-19(13)4)14(17-12)20-6-8-21(9-7-20)24(22,23)18(2)3/h10H,5-9H2,1-4H3. The van der Waals surface area contributed by atoms with Gasteiger partial charge in [-0.25, -0.2) is 9.97 Å². The molecular formula is C14H23N7O2S. The van der Waals surface area contributed by atoms with Gasteiger partial charge in [0.1, 0.15) is 11.6 Å². The minimum absolute atomic E-state index is 0.438. The molecule has 1 aliphatic heterocycles. The smallest absolute Gasteiger partial charge is 0.281 e. The molecule has 3 heterocycles. The van der Waals surface area contributed by atoms with Crippen LogP contribution >= 0.6 is 0 Å². The largest absolute Gasteiger partial charge is 0.353 e. The van der Waals surface area contributed by atoms with E-state index in [2.05, 4.69) is 20.0 Å². The molecule has 1 aliphatic rings. The Morgan fingerprint density at radius 3 is 2.42 bits per heavy atom. The number of aryl methyl sites for hydroxylation is 2. The van der Waals surface area contributed by atoms with Crippen LogP contribution in [0.1, 0.15) is 12.7 Å². The first-order valence-electron chi connectivity index (χ1n) is 7.95. The molecule has 0 N–H and O–H groups in total. The molecule has 0 aliphatic carbocycles. The second-order valence-corrected chi connectivity index (χ2v) is 8.14. The summed E-state index contributed by atoms with van der Waals surface area (Å²) < 4.78 is 29.0. The highest BCUT2D eigenvalue weighted by molar-refractivity contribution is 7.86. The molecule has 0 bridgehead atoms. The van der Waals surface area contributed by atoms with Crippen LogP contribution in [-0.4, -0.2) is 77.1 Å². The van der Waals surface area contributed by atoms with Crippen LogP contribution in [0.3, 0.4) is 0 Å². The molecule has 0 unspecified atom stereocenters. The number of hydrogen-bond donors (Lipinski definition) is 0. The molecule has 9 nitrogen and oxygen atoms in total. The Kier molecular flexibility index (Phi) is 4.45. The first-order chi connectivity index (χ1) is 11.3. The Morgan fingerprint density at radius 1 is 1.17 bits per heavy atom. The predicted octanol–water partition coefficient (Wildman–Crippen LogP) is -0.146. The van der Waals surface area contributed by atoms with Crippen molar-refractivity contribution in [2.45, 2.75) is 13.3 Å². The molecule has 2 aromatic heterocycles. The molecule has 2 aromatic rings. The van der Waals surface area contributed by atoms with E-state index in [9.17, 15) is 8.42 Å². The van der Waals surface area contributed by atoms with Crippen molar-refractivity contribution in [1.29, 1.82) is 0 Å². The van der Waals surface area contributed by atoms with E-state index < -0.39 is 10.2 Å². The van der Waals surface area contributed by atoms with Gasteiger partial charge in [0.2, 0.25) is 0 Å². The first kappa shape index (κ1) is 17.1. The van der Waals surface area contributed by atoms with Crippen molar-refractivity contribution in [1.82, 2.24) is 28.4 Å². The van der Waals surface area contributed by atoms with E-state index in [0.29, 0.717) is 26.2 Å². The van der Waals surface area contributed by atoms with E-state index in [-0.39, 0.29) is 0 Å². The third kappa shape index (κ3) is 2.85. The summed E-state index contributed by atoms with van der Waals surface area (Å²) in [6.07, 6.45) is 2.51. The van der Waals surface area contributed by atoms with Gasteiger partial charge >= 0.3 is 0 Å². The summed E-state index contributed by atoms with van der Waals surface area (Å²) in [6, 6.07) is 0. The van der Waals surface area contributed by atoms with Crippen molar-refractivity contribution in [2.24, 2.45) is 7.05 Å². The lowest BCUT2D eigenvalue weighted by Gasteiger charge is -2.35. The molecular weight excluding hydrogens is 330 g/mol. The quantitative estimate of drug-likeness (QED) is 0.760. The molecule has 132 valence electrons. The zero-order valence-corrected chi connectivity index (χ0v) is 15.3. The van der Waals surface area contributed by atoms with Crippen LogP contribution in [0, 0.1) is 0 Å². The Labute approximate surface area is 142 Å². The second-order valence-electron chi connectivity index (χ2n) is 6.00. The highest BCUT2D eigenvalue weighted by Gasteiger charge is 2.30. The maximum atomic E-state index is 12.2. The molecule has 0 saturated carbocycles. The lowest BCUT2D eigenvalue weighted by atomic mass is 10.3. The Morgan fingerprint density at radius 2 is 1.83 bits per heavy atom. The molecule has 0 aromatic carbocycles. The van der Waals surface area contributed by atoms with Crippen molar-refractivity contribution < 1.29 is 8.42 Å². The highest BCUT2D eigenvalue weighted by Crippen LogP contribution is 2.25. The van der Waals surface area contributed by atoms with Crippen molar-refractivity contribution in [3.63, 3.8) is 0 Å². The SMILES string of the molecule is CCc1nc(N2CCN(S(=O)(=O)N(C)C)CC2)c2cnn(C)c2n1. The van der Waals surface area contributed by atoms with Gasteiger partial charge in [0, 0.05) is 53.7 Å². The van der Waals surface area contributed by atoms with E-state index in [0.717, 1.165) is 29.1 Å². The van der Waals surface area contributed by atoms with Gasteiger partial charge in [-0.2, -0.15) is 22.1 Å². The maximum absolute atomic E-state index is 12.2. The minimum Gasteiger partial charge on any atom is -0.353 e. The monoisotopic (exact) mass is 353 g/mol. The fourth-order valence-corrected chi connectivity index (χ4v) is 3.90. The molecule has 24 heavy (non-hydrogen) atoms. The van der Waals surface area contributed by atoms with Gasteiger partial charge in [-0.05, 0) is 0 Å². The van der Waals surface area contributed by atoms with Crippen LogP contribution in [0.25, 0.3) is 11.0 Å². The van der Waals surface area contributed by atoms with Crippen LogP contribution in [0.5, 0.6) is 0 Å². The van der Waals surface area contributed by atoms with Crippen LogP contribution in [-0.2, 0) is 23.7 Å². The van der Waals surface area contributed by atoms with Crippen LogP contribution < -0.4 is 4.90 Å². The topological polar surface area (TPSA) is 87.5 Å². The fraction of sp³-hybridized carbons (Fsp3) is 0.643. The van der Waals surface area contributed by atoms with Crippen molar-refractivity contribution >= 4 is 27.1 Å². The lowest BCUT2D eigenvalue weighted by molar-refractivity contribution is 0.355. The van der Waals surface area contributed by atoms with Crippen molar-refractivity contribution in [3.8, 4) is 0 Å². The third-order valence-corrected chi connectivity index (χ3v) is 6.20. The average Bonchev–Trinajstić information content (AvgIpc) is 2.95. The van der Waals surface area contributed by atoms with E-state index in [1.165, 1.54) is 8.61 Å². The fourth-order valence-electron chi connectivity index (χ4n) is 2.81. The molecule has 1 saturated heterocycles. The van der Waals surface area contributed by atoms with Crippen molar-refractivity contribution in [2.75, 3.05) is 45.2 Å². The van der Waals surface area contributed by atoms with Gasteiger partial charge in [-0.3, -0.25) is 4.68 Å². The predicted molar refractivity (Wildman–Crippen MR) is 92.1 cm³/mol. The van der Waals surface area contributed by atoms with Crippen LogP contribution in [0.15, 0.2) is 6.20 Å². The Balaban J connectivity index is 1.88. The zero-order chi connectivity index (χ0) is 17.5. The molecule has 10 heteroatoms. The summed E-state index contributed by atoms with van der Waals surface area (Å²) >= 11 is 0. The minimum atomic E-state index is -3.37. The zero-order valence-electron chi connectivity index (χ0n) is 14.5. The van der Waals surface area contributed by atoms with Crippen LogP contribution in [0.2, 0.25) is 0 Å². The first-order valence-corrected chi connectivity index (χ1v) is 9.35. The number of fused-ring (bicyclic) bond motifs is 1. The summed E-state index contributed by atoms with van der Waals surface area (Å²) in [5.41, 5.74) is 0.806. The van der Waals surface area contributed by atoms with Crippen LogP contribution in [0.4, 0.5) is 5.82 Å². The summed E-state index contributed by atoms with van der Waals surface area (Å²) in [4.78, 5) is 11.3. The molecule has 1 fully saturated rings.